The lowest BCUT2D eigenvalue weighted by Gasteiger charge is -2.12. The Bertz CT molecular complexity index is 1590. The standard InChI is InChI=1S/C27H22N6O2/c1-2-9-25-21(6-1)11-12-23(29-25)17-34-24-8-3-5-20(15-24)16-32-14-13-22-7-4-10-26(27(22)32)35-19-33-18-28-30-31-33/h1-15,18H,16-17,19H2. The number of rotatable bonds is 8. The van der Waals surface area contributed by atoms with Gasteiger partial charge in [-0.2, -0.15) is 4.68 Å². The van der Waals surface area contributed by atoms with Crippen LogP contribution in [0.3, 0.4) is 0 Å². The predicted octanol–water partition coefficient (Wildman–Crippen LogP) is 4.84. The van der Waals surface area contributed by atoms with Gasteiger partial charge in [0.05, 0.1) is 16.7 Å². The summed E-state index contributed by atoms with van der Waals surface area (Å²) in [5.41, 5.74) is 4.02. The average molecular weight is 463 g/mol. The Morgan fingerprint density at radius 3 is 2.66 bits per heavy atom. The Labute approximate surface area is 201 Å². The van der Waals surface area contributed by atoms with Gasteiger partial charge in [0, 0.05) is 23.5 Å². The number of para-hydroxylation sites is 2. The molecule has 0 saturated carbocycles. The third-order valence-corrected chi connectivity index (χ3v) is 5.79. The molecule has 0 N–H and O–H groups in total. The Kier molecular flexibility index (Phi) is 5.52. The fraction of sp³-hybridized carbons (Fsp3) is 0.111. The van der Waals surface area contributed by atoms with E-state index in [2.05, 4.69) is 62.7 Å². The first-order chi connectivity index (χ1) is 17.3. The van der Waals surface area contributed by atoms with Gasteiger partial charge >= 0.3 is 0 Å². The summed E-state index contributed by atoms with van der Waals surface area (Å²) in [4.78, 5) is 4.70. The molecule has 0 aliphatic rings. The molecule has 3 heterocycles. The van der Waals surface area contributed by atoms with Crippen LogP contribution in [-0.2, 0) is 19.9 Å². The zero-order chi connectivity index (χ0) is 23.5. The number of nitrogens with zero attached hydrogens (tertiary/aromatic N) is 6. The molecule has 0 amide bonds. The fourth-order valence-corrected chi connectivity index (χ4v) is 4.13. The second kappa shape index (κ2) is 9.26. The number of benzene rings is 3. The highest BCUT2D eigenvalue weighted by Crippen LogP contribution is 2.28. The third kappa shape index (κ3) is 4.54. The van der Waals surface area contributed by atoms with Gasteiger partial charge in [-0.1, -0.05) is 48.5 Å². The van der Waals surface area contributed by atoms with Gasteiger partial charge in [-0.25, -0.2) is 4.98 Å². The largest absolute Gasteiger partial charge is 0.487 e. The summed E-state index contributed by atoms with van der Waals surface area (Å²) >= 11 is 0. The van der Waals surface area contributed by atoms with Crippen LogP contribution in [0.25, 0.3) is 21.8 Å². The summed E-state index contributed by atoms with van der Waals surface area (Å²) in [5, 5.41) is 13.4. The Morgan fingerprint density at radius 1 is 0.800 bits per heavy atom. The second-order valence-corrected chi connectivity index (χ2v) is 8.19. The van der Waals surface area contributed by atoms with Crippen molar-refractivity contribution in [2.24, 2.45) is 0 Å². The average Bonchev–Trinajstić information content (AvgIpc) is 3.57. The summed E-state index contributed by atoms with van der Waals surface area (Å²) < 4.78 is 15.8. The summed E-state index contributed by atoms with van der Waals surface area (Å²) in [7, 11) is 0. The minimum absolute atomic E-state index is 0.240. The molecular formula is C27H22N6O2. The van der Waals surface area contributed by atoms with E-state index in [1.165, 1.54) is 11.0 Å². The van der Waals surface area contributed by atoms with Gasteiger partial charge in [0.1, 0.15) is 24.4 Å². The van der Waals surface area contributed by atoms with Crippen LogP contribution in [0.4, 0.5) is 0 Å². The molecule has 8 nitrogen and oxygen atoms in total. The van der Waals surface area contributed by atoms with Gasteiger partial charge in [0.15, 0.2) is 6.73 Å². The Morgan fingerprint density at radius 2 is 1.71 bits per heavy atom. The Hall–Kier alpha value is -4.72. The van der Waals surface area contributed by atoms with Crippen LogP contribution in [0.5, 0.6) is 11.5 Å². The molecule has 6 rings (SSSR count). The van der Waals surface area contributed by atoms with Crippen molar-refractivity contribution in [3.05, 3.63) is 109 Å². The first-order valence-electron chi connectivity index (χ1n) is 11.3. The lowest BCUT2D eigenvalue weighted by Crippen LogP contribution is -2.07. The highest BCUT2D eigenvalue weighted by Gasteiger charge is 2.10. The number of pyridine rings is 1. The maximum absolute atomic E-state index is 6.07. The number of ether oxygens (including phenoxy) is 2. The number of aromatic nitrogens is 6. The second-order valence-electron chi connectivity index (χ2n) is 8.19. The van der Waals surface area contributed by atoms with Crippen LogP contribution < -0.4 is 9.47 Å². The molecule has 0 bridgehead atoms. The normalized spacial score (nSPS) is 11.2. The van der Waals surface area contributed by atoms with Gasteiger partial charge < -0.3 is 14.0 Å². The molecule has 3 aromatic heterocycles. The van der Waals surface area contributed by atoms with E-state index < -0.39 is 0 Å². The molecular weight excluding hydrogens is 440 g/mol. The zero-order valence-electron chi connectivity index (χ0n) is 18.9. The van der Waals surface area contributed by atoms with Crippen LogP contribution in [0, 0.1) is 0 Å². The van der Waals surface area contributed by atoms with Crippen molar-refractivity contribution < 1.29 is 9.47 Å². The van der Waals surface area contributed by atoms with Gasteiger partial charge in [-0.3, -0.25) is 0 Å². The number of tetrazole rings is 1. The van der Waals surface area contributed by atoms with Crippen LogP contribution >= 0.6 is 0 Å². The predicted molar refractivity (Wildman–Crippen MR) is 132 cm³/mol. The van der Waals surface area contributed by atoms with Crippen LogP contribution in [0.15, 0.2) is 97.5 Å². The molecule has 35 heavy (non-hydrogen) atoms. The van der Waals surface area contributed by atoms with Gasteiger partial charge in [-0.05, 0) is 52.4 Å². The Balaban J connectivity index is 1.19. The van der Waals surface area contributed by atoms with Crippen molar-refractivity contribution in [1.29, 1.82) is 0 Å². The highest BCUT2D eigenvalue weighted by molar-refractivity contribution is 5.86. The third-order valence-electron chi connectivity index (χ3n) is 5.79. The SMILES string of the molecule is c1cc(Cn2ccc3cccc(OCn4cnnn4)c32)cc(OCc2ccc3ccccc3n2)c1. The monoisotopic (exact) mass is 462 g/mol. The molecule has 0 fully saturated rings. The molecule has 3 aromatic carbocycles. The van der Waals surface area contributed by atoms with Gasteiger partial charge in [-0.15, -0.1) is 5.10 Å². The molecule has 0 spiro atoms. The van der Waals surface area contributed by atoms with Crippen molar-refractivity contribution in [3.63, 3.8) is 0 Å². The molecule has 8 heteroatoms. The van der Waals surface area contributed by atoms with Crippen molar-refractivity contribution in [1.82, 2.24) is 29.8 Å². The van der Waals surface area contributed by atoms with E-state index in [1.54, 1.807) is 0 Å². The van der Waals surface area contributed by atoms with Crippen molar-refractivity contribution in [3.8, 4) is 11.5 Å². The molecule has 0 saturated heterocycles. The molecule has 0 atom stereocenters. The molecule has 0 unspecified atom stereocenters. The summed E-state index contributed by atoms with van der Waals surface area (Å²) in [6, 6.07) is 28.4. The van der Waals surface area contributed by atoms with Crippen LogP contribution in [0.1, 0.15) is 11.3 Å². The minimum atomic E-state index is 0.240. The maximum Gasteiger partial charge on any atom is 0.184 e. The lowest BCUT2D eigenvalue weighted by atomic mass is 10.2. The van der Waals surface area contributed by atoms with Crippen molar-refractivity contribution >= 4 is 21.8 Å². The maximum atomic E-state index is 6.07. The molecule has 0 aliphatic carbocycles. The van der Waals surface area contributed by atoms with Crippen LogP contribution in [0.2, 0.25) is 0 Å². The summed E-state index contributed by atoms with van der Waals surface area (Å²) in [5.74, 6) is 1.59. The molecule has 172 valence electrons. The van der Waals surface area contributed by atoms with E-state index in [4.69, 9.17) is 14.5 Å². The van der Waals surface area contributed by atoms with Gasteiger partial charge in [0.25, 0.3) is 0 Å². The van der Waals surface area contributed by atoms with E-state index in [0.717, 1.165) is 44.6 Å². The van der Waals surface area contributed by atoms with E-state index in [-0.39, 0.29) is 6.73 Å². The summed E-state index contributed by atoms with van der Waals surface area (Å²) in [6.07, 6.45) is 3.60. The molecule has 6 aromatic rings. The molecule has 0 aliphatic heterocycles. The van der Waals surface area contributed by atoms with E-state index in [0.29, 0.717) is 13.2 Å². The highest BCUT2D eigenvalue weighted by atomic mass is 16.5. The smallest absolute Gasteiger partial charge is 0.184 e. The fourth-order valence-electron chi connectivity index (χ4n) is 4.13. The van der Waals surface area contributed by atoms with E-state index >= 15 is 0 Å². The number of hydrogen-bond acceptors (Lipinski definition) is 6. The minimum Gasteiger partial charge on any atom is -0.487 e. The summed E-state index contributed by atoms with van der Waals surface area (Å²) in [6.45, 7) is 1.33. The lowest BCUT2D eigenvalue weighted by molar-refractivity contribution is 0.220. The zero-order valence-corrected chi connectivity index (χ0v) is 18.9. The number of hydrogen-bond donors (Lipinski definition) is 0. The van der Waals surface area contributed by atoms with Crippen molar-refractivity contribution in [2.75, 3.05) is 0 Å². The van der Waals surface area contributed by atoms with Crippen molar-refractivity contribution in [2.45, 2.75) is 19.9 Å². The van der Waals surface area contributed by atoms with Gasteiger partial charge in [0.2, 0.25) is 0 Å². The number of fused-ring (bicyclic) bond motifs is 2. The van der Waals surface area contributed by atoms with E-state index in [9.17, 15) is 0 Å². The first kappa shape index (κ1) is 20.9. The first-order valence-corrected chi connectivity index (χ1v) is 11.3. The van der Waals surface area contributed by atoms with E-state index in [1.807, 2.05) is 48.5 Å². The topological polar surface area (TPSA) is 79.9 Å². The van der Waals surface area contributed by atoms with Crippen LogP contribution in [-0.4, -0.2) is 29.8 Å². The molecule has 0 radical (unpaired) electrons. The quantitative estimate of drug-likeness (QED) is 0.322.